The van der Waals surface area contributed by atoms with E-state index in [2.05, 4.69) is 10.1 Å². The third kappa shape index (κ3) is 3.26. The predicted molar refractivity (Wildman–Crippen MR) is 87.5 cm³/mol. The van der Waals surface area contributed by atoms with Crippen LogP contribution in [0.1, 0.15) is 20.0 Å². The van der Waals surface area contributed by atoms with Crippen LogP contribution in [0.2, 0.25) is 0 Å². The molecule has 0 fully saturated rings. The second-order valence-electron chi connectivity index (χ2n) is 4.97. The summed E-state index contributed by atoms with van der Waals surface area (Å²) in [7, 11) is 1.30. The van der Waals surface area contributed by atoms with Gasteiger partial charge in [0, 0.05) is 22.0 Å². The molecular weight excluding hydrogens is 336 g/mol. The highest BCUT2D eigenvalue weighted by Crippen LogP contribution is 2.28. The zero-order valence-corrected chi connectivity index (χ0v) is 13.2. The van der Waals surface area contributed by atoms with Gasteiger partial charge < -0.3 is 10.1 Å². The van der Waals surface area contributed by atoms with Crippen LogP contribution >= 0.6 is 11.3 Å². The maximum atomic E-state index is 13.2. The van der Waals surface area contributed by atoms with Crippen molar-refractivity contribution in [2.75, 3.05) is 12.4 Å². The van der Waals surface area contributed by atoms with Crippen LogP contribution in [-0.2, 0) is 4.74 Å². The number of esters is 1. The van der Waals surface area contributed by atoms with Gasteiger partial charge >= 0.3 is 5.97 Å². The lowest BCUT2D eigenvalue weighted by Gasteiger charge is -2.06. The van der Waals surface area contributed by atoms with E-state index in [4.69, 9.17) is 0 Å². The molecule has 0 spiro atoms. The van der Waals surface area contributed by atoms with Crippen LogP contribution in [0.5, 0.6) is 0 Å². The minimum absolute atomic E-state index is 0.117. The Bertz CT molecular complexity index is 932. The van der Waals surface area contributed by atoms with Gasteiger partial charge in [0.05, 0.1) is 7.11 Å². The number of benzene rings is 2. The van der Waals surface area contributed by atoms with E-state index in [-0.39, 0.29) is 5.56 Å². The monoisotopic (exact) mass is 347 g/mol. The Labute approximate surface area is 139 Å². The van der Waals surface area contributed by atoms with E-state index in [9.17, 15) is 18.4 Å². The van der Waals surface area contributed by atoms with E-state index >= 15 is 0 Å². The van der Waals surface area contributed by atoms with E-state index in [1.807, 2.05) is 0 Å². The van der Waals surface area contributed by atoms with Gasteiger partial charge in [-0.1, -0.05) is 0 Å². The first-order chi connectivity index (χ1) is 11.5. The van der Waals surface area contributed by atoms with Crippen molar-refractivity contribution >= 4 is 39.0 Å². The largest absolute Gasteiger partial charge is 0.465 e. The third-order valence-corrected chi connectivity index (χ3v) is 4.38. The summed E-state index contributed by atoms with van der Waals surface area (Å²) in [6, 6.07) is 9.33. The van der Waals surface area contributed by atoms with Crippen LogP contribution < -0.4 is 5.32 Å². The number of rotatable bonds is 3. The topological polar surface area (TPSA) is 55.4 Å². The van der Waals surface area contributed by atoms with Crippen LogP contribution in [0, 0.1) is 11.6 Å². The average Bonchev–Trinajstić information content (AvgIpc) is 2.96. The molecule has 1 amide bonds. The highest BCUT2D eigenvalue weighted by atomic mass is 32.1. The summed E-state index contributed by atoms with van der Waals surface area (Å²) < 4.78 is 31.9. The lowest BCUT2D eigenvalue weighted by atomic mass is 10.2. The number of anilines is 1. The Morgan fingerprint density at radius 1 is 1.04 bits per heavy atom. The summed E-state index contributed by atoms with van der Waals surface area (Å²) in [5.41, 5.74) is 0.333. The Hall–Kier alpha value is -2.80. The van der Waals surface area contributed by atoms with Crippen molar-refractivity contribution < 1.29 is 23.1 Å². The summed E-state index contributed by atoms with van der Waals surface area (Å²) >= 11 is 1.27. The molecule has 0 aliphatic carbocycles. The molecule has 0 atom stereocenters. The number of fused-ring (bicyclic) bond motifs is 1. The molecule has 3 aromatic rings. The number of halogens is 2. The number of amides is 1. The maximum Gasteiger partial charge on any atom is 0.348 e. The van der Waals surface area contributed by atoms with Gasteiger partial charge in [-0.05, 0) is 41.8 Å². The van der Waals surface area contributed by atoms with E-state index in [1.54, 1.807) is 24.3 Å². The quantitative estimate of drug-likeness (QED) is 0.722. The molecule has 2 aromatic carbocycles. The summed E-state index contributed by atoms with van der Waals surface area (Å²) in [6.45, 7) is 0. The maximum absolute atomic E-state index is 13.2. The molecule has 122 valence electrons. The Morgan fingerprint density at radius 2 is 1.75 bits per heavy atom. The predicted octanol–water partition coefficient (Wildman–Crippen LogP) is 4.22. The normalized spacial score (nSPS) is 10.6. The van der Waals surface area contributed by atoms with Crippen molar-refractivity contribution in [2.45, 2.75) is 0 Å². The number of ether oxygens (including phenoxy) is 1. The van der Waals surface area contributed by atoms with Crippen molar-refractivity contribution in [1.82, 2.24) is 0 Å². The smallest absolute Gasteiger partial charge is 0.348 e. The fourth-order valence-corrected chi connectivity index (χ4v) is 3.17. The second-order valence-corrected chi connectivity index (χ2v) is 6.05. The lowest BCUT2D eigenvalue weighted by molar-refractivity contribution is 0.0606. The molecule has 24 heavy (non-hydrogen) atoms. The fourth-order valence-electron chi connectivity index (χ4n) is 2.21. The second kappa shape index (κ2) is 6.37. The van der Waals surface area contributed by atoms with Gasteiger partial charge in [0.15, 0.2) is 0 Å². The summed E-state index contributed by atoms with van der Waals surface area (Å²) in [4.78, 5) is 24.1. The van der Waals surface area contributed by atoms with Crippen LogP contribution in [0.15, 0.2) is 42.5 Å². The number of carbonyl (C=O) groups is 2. The molecule has 1 heterocycles. The lowest BCUT2D eigenvalue weighted by Crippen LogP contribution is -2.12. The molecule has 7 heteroatoms. The molecular formula is C17H11F2NO3S. The van der Waals surface area contributed by atoms with Gasteiger partial charge in [-0.25, -0.2) is 13.6 Å². The minimum Gasteiger partial charge on any atom is -0.465 e. The summed E-state index contributed by atoms with van der Waals surface area (Å²) in [5.74, 6) is -2.71. The fraction of sp³-hybridized carbons (Fsp3) is 0.0588. The average molecular weight is 347 g/mol. The number of nitrogens with one attached hydrogen (secondary N) is 1. The molecule has 0 saturated carbocycles. The molecule has 0 saturated heterocycles. The summed E-state index contributed by atoms with van der Waals surface area (Å²) in [5, 5.41) is 3.33. The summed E-state index contributed by atoms with van der Waals surface area (Å²) in [6.07, 6.45) is 0. The van der Waals surface area contributed by atoms with E-state index in [0.717, 1.165) is 22.2 Å². The number of hydrogen-bond donors (Lipinski definition) is 1. The molecule has 3 rings (SSSR count). The molecule has 0 aliphatic heterocycles. The van der Waals surface area contributed by atoms with Gasteiger partial charge in [0.2, 0.25) is 0 Å². The molecule has 0 radical (unpaired) electrons. The minimum atomic E-state index is -0.823. The SMILES string of the molecule is COC(=O)c1cc2cc(NC(=O)c3cc(F)cc(F)c3)ccc2s1. The highest BCUT2D eigenvalue weighted by Gasteiger charge is 2.13. The van der Waals surface area contributed by atoms with Crippen LogP contribution in [0.3, 0.4) is 0 Å². The van der Waals surface area contributed by atoms with Crippen molar-refractivity contribution in [3.8, 4) is 0 Å². The van der Waals surface area contributed by atoms with Gasteiger partial charge in [0.1, 0.15) is 16.5 Å². The van der Waals surface area contributed by atoms with Crippen LogP contribution in [0.25, 0.3) is 10.1 Å². The van der Waals surface area contributed by atoms with E-state index < -0.39 is 23.5 Å². The van der Waals surface area contributed by atoms with Crippen molar-refractivity contribution in [3.05, 3.63) is 64.5 Å². The molecule has 1 N–H and O–H groups in total. The van der Waals surface area contributed by atoms with Gasteiger partial charge in [-0.3, -0.25) is 4.79 Å². The van der Waals surface area contributed by atoms with Crippen LogP contribution in [-0.4, -0.2) is 19.0 Å². The first kappa shape index (κ1) is 16.1. The molecule has 0 aliphatic rings. The third-order valence-electron chi connectivity index (χ3n) is 3.29. The number of hydrogen-bond acceptors (Lipinski definition) is 4. The van der Waals surface area contributed by atoms with Gasteiger partial charge in [-0.15, -0.1) is 11.3 Å². The number of carbonyl (C=O) groups excluding carboxylic acids is 2. The molecule has 1 aromatic heterocycles. The number of thiophene rings is 1. The molecule has 4 nitrogen and oxygen atoms in total. The van der Waals surface area contributed by atoms with Crippen molar-refractivity contribution in [1.29, 1.82) is 0 Å². The van der Waals surface area contributed by atoms with E-state index in [1.165, 1.54) is 18.4 Å². The number of methoxy groups -OCH3 is 1. The molecule has 0 unspecified atom stereocenters. The Balaban J connectivity index is 1.86. The zero-order valence-electron chi connectivity index (χ0n) is 12.4. The Kier molecular flexibility index (Phi) is 4.26. The van der Waals surface area contributed by atoms with Crippen molar-refractivity contribution in [3.63, 3.8) is 0 Å². The van der Waals surface area contributed by atoms with Crippen molar-refractivity contribution in [2.24, 2.45) is 0 Å². The highest BCUT2D eigenvalue weighted by molar-refractivity contribution is 7.20. The zero-order chi connectivity index (χ0) is 17.3. The van der Waals surface area contributed by atoms with Gasteiger partial charge in [0.25, 0.3) is 5.91 Å². The van der Waals surface area contributed by atoms with Crippen LogP contribution in [0.4, 0.5) is 14.5 Å². The molecule has 0 bridgehead atoms. The standard InChI is InChI=1S/C17H11F2NO3S/c1-23-17(22)15-7-9-6-13(2-3-14(9)24-15)20-16(21)10-4-11(18)8-12(19)5-10/h2-8H,1H3,(H,20,21). The first-order valence-corrected chi connectivity index (χ1v) is 7.67. The first-order valence-electron chi connectivity index (χ1n) is 6.85. The van der Waals surface area contributed by atoms with Gasteiger partial charge in [-0.2, -0.15) is 0 Å². The van der Waals surface area contributed by atoms with E-state index in [0.29, 0.717) is 16.6 Å². The Morgan fingerprint density at radius 3 is 2.42 bits per heavy atom.